The van der Waals surface area contributed by atoms with E-state index >= 15 is 0 Å². The number of nitrogens with one attached hydrogen (secondary N) is 4. The highest BCUT2D eigenvalue weighted by molar-refractivity contribution is 9.09. The monoisotopic (exact) mass is 1170 g/mol. The number of hydrogen-bond acceptors (Lipinski definition) is 20. The molecule has 5 aliphatic heterocycles. The number of alkyl carbamates (subject to hydrolysis) is 2. The number of alkyl halides is 1. The Morgan fingerprint density at radius 3 is 1.40 bits per heavy atom. The van der Waals surface area contributed by atoms with Crippen molar-refractivity contribution in [2.24, 2.45) is 5.73 Å². The first-order chi connectivity index (χ1) is 35.0. The molecule has 434 valence electrons. The Bertz CT molecular complexity index is 1810. The van der Waals surface area contributed by atoms with E-state index in [1.54, 1.807) is 33.7 Å². The van der Waals surface area contributed by atoms with E-state index in [2.05, 4.69) is 46.8 Å². The molecule has 75 heavy (non-hydrogen) atoms. The molecule has 0 radical (unpaired) electrons. The van der Waals surface area contributed by atoms with Crippen molar-refractivity contribution in [1.82, 2.24) is 55.6 Å². The molecule has 5 saturated heterocycles. The number of carbonyl (C=O) groups is 10. The van der Waals surface area contributed by atoms with Gasteiger partial charge >= 0.3 is 30.1 Å². The Kier molecular flexibility index (Phi) is 36.6. The van der Waals surface area contributed by atoms with Gasteiger partial charge in [-0.1, -0.05) is 15.9 Å². The summed E-state index contributed by atoms with van der Waals surface area (Å²) in [6.07, 6.45) is -0.778. The minimum Gasteiger partial charge on any atom is -0.481 e. The van der Waals surface area contributed by atoms with E-state index in [1.165, 1.54) is 11.8 Å². The molecule has 0 unspecified atom stereocenters. The minimum atomic E-state index is -0.922. The van der Waals surface area contributed by atoms with Crippen LogP contribution in [0.1, 0.15) is 43.0 Å². The summed E-state index contributed by atoms with van der Waals surface area (Å²) in [4.78, 5) is 122. The Hall–Kier alpha value is -4.52. The summed E-state index contributed by atoms with van der Waals surface area (Å²) in [5, 5.41) is 20.1. The molecule has 0 aromatic carbocycles. The third-order valence-corrected chi connectivity index (χ3v) is 12.3. The molecule has 0 atom stereocenters. The van der Waals surface area contributed by atoms with Gasteiger partial charge < -0.3 is 65.9 Å². The Morgan fingerprint density at radius 2 is 1.07 bits per heavy atom. The van der Waals surface area contributed by atoms with Crippen molar-refractivity contribution >= 4 is 99.1 Å². The quantitative estimate of drug-likeness (QED) is 0.0510. The first-order valence-electron chi connectivity index (χ1n) is 24.5. The number of carboxylic acids is 1. The van der Waals surface area contributed by atoms with Crippen LogP contribution in [0.15, 0.2) is 0 Å². The van der Waals surface area contributed by atoms with Gasteiger partial charge in [0.05, 0.1) is 49.2 Å². The van der Waals surface area contributed by atoms with Gasteiger partial charge in [0.15, 0.2) is 0 Å². The number of aliphatic carboxylic acids is 1. The van der Waals surface area contributed by atoms with Gasteiger partial charge in [-0.15, -0.1) is 23.5 Å². The molecule has 0 aromatic heterocycles. The second-order valence-electron chi connectivity index (χ2n) is 19.2. The smallest absolute Gasteiger partial charge is 0.407 e. The maximum atomic E-state index is 11.5. The van der Waals surface area contributed by atoms with Gasteiger partial charge in [0.2, 0.25) is 29.5 Å². The zero-order chi connectivity index (χ0) is 57.1. The molecular weight excluding hydrogens is 1090 g/mol. The molecule has 5 aliphatic rings. The van der Waals surface area contributed by atoms with Crippen molar-refractivity contribution in [2.45, 2.75) is 52.7 Å². The zero-order valence-electron chi connectivity index (χ0n) is 45.6. The molecule has 0 bridgehead atoms. The van der Waals surface area contributed by atoms with Crippen molar-refractivity contribution in [1.29, 1.82) is 0 Å². The van der Waals surface area contributed by atoms with Crippen LogP contribution in [0.3, 0.4) is 0 Å². The molecule has 0 spiro atoms. The molecule has 5 heterocycles. The lowest BCUT2D eigenvalue weighted by Crippen LogP contribution is -2.50. The number of likely N-dealkylation sites (N-methyl/N-ethyl adjacent to an activating group) is 4. The lowest BCUT2D eigenvalue weighted by molar-refractivity contribution is -0.156. The molecule has 0 saturated carbocycles. The van der Waals surface area contributed by atoms with Gasteiger partial charge in [-0.3, -0.25) is 53.1 Å². The van der Waals surface area contributed by atoms with Crippen LogP contribution in [-0.2, 0) is 52.6 Å². The molecule has 5 rings (SSSR count). The van der Waals surface area contributed by atoms with Crippen molar-refractivity contribution in [3.63, 3.8) is 0 Å². The van der Waals surface area contributed by atoms with Crippen LogP contribution in [0.25, 0.3) is 0 Å². The van der Waals surface area contributed by atoms with Gasteiger partial charge in [-0.2, -0.15) is 0 Å². The molecule has 29 heteroatoms. The Morgan fingerprint density at radius 1 is 0.653 bits per heavy atom. The predicted molar refractivity (Wildman–Crippen MR) is 293 cm³/mol. The van der Waals surface area contributed by atoms with Crippen LogP contribution in [0.5, 0.6) is 0 Å². The summed E-state index contributed by atoms with van der Waals surface area (Å²) in [5.41, 5.74) is 4.49. The first kappa shape index (κ1) is 70.5. The van der Waals surface area contributed by atoms with E-state index in [-0.39, 0.29) is 48.6 Å². The fourth-order valence-electron chi connectivity index (χ4n) is 6.01. The molecule has 26 nitrogen and oxygen atoms in total. The van der Waals surface area contributed by atoms with Crippen LogP contribution in [-0.4, -0.2) is 291 Å². The Labute approximate surface area is 460 Å². The topological polar surface area (TPSA) is 315 Å². The SMILES string of the molecule is CC(C)(C)OC(=O)NCCBr.CN1CCN(CCN)CC1=O.CN1CCN(CCNC(=O)CSCC(=O)O)CC1=O.CN1CCN(CCNC(=O)OC(C)(C)C)CC1=O.CN1CCNCC1=O.O=C1CSCC(=O)O1.[HH]. The molecule has 5 fully saturated rings. The molecule has 7 amide bonds. The van der Waals surface area contributed by atoms with E-state index in [1.807, 2.05) is 65.4 Å². The van der Waals surface area contributed by atoms with E-state index in [0.29, 0.717) is 83.5 Å². The van der Waals surface area contributed by atoms with E-state index in [9.17, 15) is 47.9 Å². The molecule has 0 aromatic rings. The number of cyclic esters (lactones) is 2. The number of nitrogens with zero attached hydrogens (tertiary/aromatic N) is 7. The normalized spacial score (nSPS) is 17.6. The number of ether oxygens (including phenoxy) is 3. The number of esters is 2. The fourth-order valence-corrected chi connectivity index (χ4v) is 7.33. The van der Waals surface area contributed by atoms with Crippen molar-refractivity contribution in [3.8, 4) is 0 Å². The van der Waals surface area contributed by atoms with Gasteiger partial charge in [0.1, 0.15) is 11.2 Å². The summed E-state index contributed by atoms with van der Waals surface area (Å²) >= 11 is 5.54. The number of hydrogen-bond donors (Lipinski definition) is 6. The highest BCUT2D eigenvalue weighted by Crippen LogP contribution is 2.09. The van der Waals surface area contributed by atoms with Crippen LogP contribution >= 0.6 is 39.5 Å². The maximum absolute atomic E-state index is 11.5. The number of halogens is 1. The van der Waals surface area contributed by atoms with E-state index in [4.69, 9.17) is 20.3 Å². The Balaban J connectivity index is 0. The van der Waals surface area contributed by atoms with E-state index in [0.717, 1.165) is 69.5 Å². The van der Waals surface area contributed by atoms with Gasteiger partial charge in [-0.05, 0) is 41.5 Å². The number of carboxylic acid groups (broad SMARTS) is 1. The maximum Gasteiger partial charge on any atom is 0.407 e. The third-order valence-electron chi connectivity index (χ3n) is 10.1. The number of rotatable bonds is 14. The summed E-state index contributed by atoms with van der Waals surface area (Å²) in [7, 11) is 7.24. The average molecular weight is 1180 g/mol. The van der Waals surface area contributed by atoms with Gasteiger partial charge in [0.25, 0.3) is 0 Å². The summed E-state index contributed by atoms with van der Waals surface area (Å²) in [6, 6.07) is 0. The van der Waals surface area contributed by atoms with Crippen LogP contribution in [0, 0.1) is 0 Å². The highest BCUT2D eigenvalue weighted by atomic mass is 79.9. The second-order valence-corrected chi connectivity index (χ2v) is 21.9. The summed E-state index contributed by atoms with van der Waals surface area (Å²) in [5.74, 6) is -0.641. The van der Waals surface area contributed by atoms with Crippen molar-refractivity contribution in [2.75, 3.05) is 181 Å². The van der Waals surface area contributed by atoms with Crippen LogP contribution < -0.4 is 27.0 Å². The van der Waals surface area contributed by atoms with Crippen LogP contribution in [0.2, 0.25) is 0 Å². The van der Waals surface area contributed by atoms with Gasteiger partial charge in [-0.25, -0.2) is 9.59 Å². The zero-order valence-corrected chi connectivity index (χ0v) is 48.8. The number of piperazine rings is 4. The molecule has 7 N–H and O–H groups in total. The third kappa shape index (κ3) is 38.6. The highest BCUT2D eigenvalue weighted by Gasteiger charge is 2.23. The lowest BCUT2D eigenvalue weighted by atomic mass is 10.2. The molecular formula is C46H87BrN12O14S2. The minimum absolute atomic E-state index is 0. The number of carbonyl (C=O) groups excluding carboxylic acids is 9. The summed E-state index contributed by atoms with van der Waals surface area (Å²) < 4.78 is 14.3. The number of thioether (sulfide) groups is 2. The largest absolute Gasteiger partial charge is 0.481 e. The first-order valence-corrected chi connectivity index (χ1v) is 27.9. The number of nitrogens with two attached hydrogens (primary N) is 1. The standard InChI is InChI=1S/C12H23N3O3.C11H19N3O4S.C7H14BrNO2.C7H15N3O.C5H10N2O.C4H4O3S.H2/c1-12(2,3)18-11(17)13-5-6-15-8-7-14(4)10(16)9-15;1-13-4-5-14(6-10(13)16)3-2-12-9(15)7-19-8-11(17)18;1-7(2,3)11-6(10)9-5-4-8;1-9-4-5-10(3-2-8)6-7(9)11;1-7-3-2-6-4-5(7)8;5-3-1-8-2-4(6)7-3;/h5-9H2,1-4H3,(H,13,17);2-8H2,1H3,(H,12,15)(H,17,18);4-5H2,1-3H3,(H,9,10);2-6,8H2,1H3;6H,2-4H2,1H3;1-2H2;1H. The predicted octanol–water partition coefficient (Wildman–Crippen LogP) is -1.30. The average Bonchev–Trinajstić information content (AvgIpc) is 3.30. The lowest BCUT2D eigenvalue weighted by Gasteiger charge is -2.31. The van der Waals surface area contributed by atoms with Crippen LogP contribution in [0.4, 0.5) is 9.59 Å². The fraction of sp³-hybridized carbons (Fsp3) is 0.783. The van der Waals surface area contributed by atoms with Gasteiger partial charge in [0, 0.05) is 133 Å². The second kappa shape index (κ2) is 38.9. The van der Waals surface area contributed by atoms with Crippen molar-refractivity contribution < 1.29 is 68.7 Å². The molecule has 0 aliphatic carbocycles. The van der Waals surface area contributed by atoms with E-state index < -0.39 is 35.2 Å². The summed E-state index contributed by atoms with van der Waals surface area (Å²) in [6.45, 7) is 23.8. The van der Waals surface area contributed by atoms with Crippen molar-refractivity contribution in [3.05, 3.63) is 0 Å². The number of amides is 7.